The minimum absolute atomic E-state index is 0.199. The fourth-order valence-corrected chi connectivity index (χ4v) is 2.93. The van der Waals surface area contributed by atoms with Crippen LogP contribution >= 0.6 is 0 Å². The highest BCUT2D eigenvalue weighted by Crippen LogP contribution is 2.31. The van der Waals surface area contributed by atoms with E-state index in [9.17, 15) is 9.59 Å². The van der Waals surface area contributed by atoms with Crippen LogP contribution in [0, 0.1) is 0 Å². The van der Waals surface area contributed by atoms with Crippen LogP contribution in [0.1, 0.15) is 39.6 Å². The number of carbonyl (C=O) groups is 2. The molecule has 7 nitrogen and oxygen atoms in total. The van der Waals surface area contributed by atoms with Gasteiger partial charge in [0, 0.05) is 5.56 Å². The van der Waals surface area contributed by atoms with Crippen LogP contribution in [0.2, 0.25) is 0 Å². The van der Waals surface area contributed by atoms with E-state index in [1.165, 1.54) is 0 Å². The van der Waals surface area contributed by atoms with Gasteiger partial charge in [0.05, 0.1) is 18.2 Å². The standard InChI is InChI=1S/C19H15N3O4/c1-11(22-18(23)14-5-3-4-6-15(14)19(22)24)17-20-16(21-26-17)12-7-9-13(25-2)10-8-12/h3-11H,1-2H3. The van der Waals surface area contributed by atoms with Crippen molar-refractivity contribution in [1.82, 2.24) is 15.0 Å². The van der Waals surface area contributed by atoms with Crippen molar-refractivity contribution in [2.75, 3.05) is 7.11 Å². The highest BCUT2D eigenvalue weighted by atomic mass is 16.5. The summed E-state index contributed by atoms with van der Waals surface area (Å²) in [4.78, 5) is 30.6. The summed E-state index contributed by atoms with van der Waals surface area (Å²) in [5.41, 5.74) is 1.52. The smallest absolute Gasteiger partial charge is 0.262 e. The summed E-state index contributed by atoms with van der Waals surface area (Å²) in [6.45, 7) is 1.69. The normalized spacial score (nSPS) is 14.5. The molecule has 0 saturated carbocycles. The molecule has 0 aliphatic carbocycles. The van der Waals surface area contributed by atoms with Crippen LogP contribution in [0.3, 0.4) is 0 Å². The quantitative estimate of drug-likeness (QED) is 0.673. The number of imide groups is 1. The second kappa shape index (κ2) is 6.11. The number of amides is 2. The third-order valence-corrected chi connectivity index (χ3v) is 4.36. The molecule has 7 heteroatoms. The van der Waals surface area contributed by atoms with Crippen LogP contribution in [0.4, 0.5) is 0 Å². The molecule has 1 aliphatic heterocycles. The van der Waals surface area contributed by atoms with Gasteiger partial charge in [0.2, 0.25) is 11.7 Å². The molecule has 0 saturated heterocycles. The van der Waals surface area contributed by atoms with Gasteiger partial charge in [0.15, 0.2) is 0 Å². The lowest BCUT2D eigenvalue weighted by atomic mass is 10.1. The molecular weight excluding hydrogens is 334 g/mol. The van der Waals surface area contributed by atoms with E-state index in [2.05, 4.69) is 10.1 Å². The monoisotopic (exact) mass is 349 g/mol. The van der Waals surface area contributed by atoms with Crippen molar-refractivity contribution in [2.24, 2.45) is 0 Å². The van der Waals surface area contributed by atoms with Crippen molar-refractivity contribution in [3.63, 3.8) is 0 Å². The minimum atomic E-state index is -0.665. The van der Waals surface area contributed by atoms with Gasteiger partial charge in [-0.25, -0.2) is 0 Å². The number of nitrogens with zero attached hydrogens (tertiary/aromatic N) is 3. The fraction of sp³-hybridized carbons (Fsp3) is 0.158. The first-order valence-electron chi connectivity index (χ1n) is 8.05. The lowest BCUT2D eigenvalue weighted by molar-refractivity contribution is 0.0568. The Balaban J connectivity index is 1.62. The summed E-state index contributed by atoms with van der Waals surface area (Å²) in [5, 5.41) is 3.96. The molecule has 2 aromatic carbocycles. The summed E-state index contributed by atoms with van der Waals surface area (Å²) in [5.74, 6) is 0.581. The van der Waals surface area contributed by atoms with Crippen LogP contribution in [-0.4, -0.2) is 34.0 Å². The molecule has 1 aromatic heterocycles. The zero-order chi connectivity index (χ0) is 18.3. The summed E-state index contributed by atoms with van der Waals surface area (Å²) >= 11 is 0. The lowest BCUT2D eigenvalue weighted by Gasteiger charge is -2.18. The highest BCUT2D eigenvalue weighted by Gasteiger charge is 2.40. The van der Waals surface area contributed by atoms with Crippen LogP contribution < -0.4 is 4.74 Å². The SMILES string of the molecule is COc1ccc(-c2noc(C(C)N3C(=O)c4ccccc4C3=O)n2)cc1. The molecule has 0 fully saturated rings. The minimum Gasteiger partial charge on any atom is -0.497 e. The predicted octanol–water partition coefficient (Wildman–Crippen LogP) is 3.10. The van der Waals surface area contributed by atoms with Crippen molar-refractivity contribution >= 4 is 11.8 Å². The second-order valence-corrected chi connectivity index (χ2v) is 5.89. The number of hydrogen-bond donors (Lipinski definition) is 0. The summed E-state index contributed by atoms with van der Waals surface area (Å²) < 4.78 is 10.4. The van der Waals surface area contributed by atoms with Crippen LogP contribution in [0.25, 0.3) is 11.4 Å². The summed E-state index contributed by atoms with van der Waals surface area (Å²) in [6, 6.07) is 13.3. The van der Waals surface area contributed by atoms with Crippen molar-refractivity contribution in [3.05, 3.63) is 65.5 Å². The molecule has 2 heterocycles. The van der Waals surface area contributed by atoms with Crippen molar-refractivity contribution in [1.29, 1.82) is 0 Å². The van der Waals surface area contributed by atoms with E-state index in [1.807, 2.05) is 0 Å². The van der Waals surface area contributed by atoms with Gasteiger partial charge in [-0.15, -0.1) is 0 Å². The number of methoxy groups -OCH3 is 1. The number of carbonyl (C=O) groups excluding carboxylic acids is 2. The van der Waals surface area contributed by atoms with Gasteiger partial charge in [0.1, 0.15) is 11.8 Å². The van der Waals surface area contributed by atoms with Gasteiger partial charge in [-0.1, -0.05) is 17.3 Å². The Kier molecular flexibility index (Phi) is 3.76. The van der Waals surface area contributed by atoms with E-state index < -0.39 is 6.04 Å². The average molecular weight is 349 g/mol. The van der Waals surface area contributed by atoms with Crippen LogP contribution in [0.5, 0.6) is 5.75 Å². The third-order valence-electron chi connectivity index (χ3n) is 4.36. The number of fused-ring (bicyclic) bond motifs is 1. The number of ether oxygens (including phenoxy) is 1. The zero-order valence-corrected chi connectivity index (χ0v) is 14.2. The number of hydrogen-bond acceptors (Lipinski definition) is 6. The van der Waals surface area contributed by atoms with Crippen molar-refractivity contribution in [2.45, 2.75) is 13.0 Å². The fourth-order valence-electron chi connectivity index (χ4n) is 2.93. The summed E-state index contributed by atoms with van der Waals surface area (Å²) in [7, 11) is 1.59. The molecule has 0 spiro atoms. The number of aromatic nitrogens is 2. The molecule has 2 amide bonds. The first-order valence-corrected chi connectivity index (χ1v) is 8.05. The van der Waals surface area contributed by atoms with E-state index in [4.69, 9.17) is 9.26 Å². The second-order valence-electron chi connectivity index (χ2n) is 5.89. The van der Waals surface area contributed by atoms with Gasteiger partial charge < -0.3 is 9.26 Å². The Morgan fingerprint density at radius 2 is 1.62 bits per heavy atom. The van der Waals surface area contributed by atoms with Crippen molar-refractivity contribution < 1.29 is 18.8 Å². The van der Waals surface area contributed by atoms with E-state index in [0.29, 0.717) is 17.0 Å². The average Bonchev–Trinajstić information content (AvgIpc) is 3.26. The zero-order valence-electron chi connectivity index (χ0n) is 14.2. The molecule has 26 heavy (non-hydrogen) atoms. The van der Waals surface area contributed by atoms with E-state index >= 15 is 0 Å². The Morgan fingerprint density at radius 3 is 2.19 bits per heavy atom. The Hall–Kier alpha value is -3.48. The van der Waals surface area contributed by atoms with Crippen LogP contribution in [0.15, 0.2) is 53.1 Å². The molecule has 0 radical (unpaired) electrons. The molecular formula is C19H15N3O4. The van der Waals surface area contributed by atoms with Gasteiger partial charge in [-0.3, -0.25) is 14.5 Å². The molecule has 1 atom stereocenters. The molecule has 130 valence electrons. The van der Waals surface area contributed by atoms with Crippen LogP contribution in [-0.2, 0) is 0 Å². The van der Waals surface area contributed by atoms with E-state index in [0.717, 1.165) is 16.2 Å². The first kappa shape index (κ1) is 16.0. The maximum Gasteiger partial charge on any atom is 0.262 e. The molecule has 3 aromatic rings. The lowest BCUT2D eigenvalue weighted by Crippen LogP contribution is -2.32. The topological polar surface area (TPSA) is 85.5 Å². The van der Waals surface area contributed by atoms with E-state index in [-0.39, 0.29) is 17.7 Å². The maximum absolute atomic E-state index is 12.6. The highest BCUT2D eigenvalue weighted by molar-refractivity contribution is 6.21. The Morgan fingerprint density at radius 1 is 1.00 bits per heavy atom. The van der Waals surface area contributed by atoms with Gasteiger partial charge in [-0.05, 0) is 43.3 Å². The Labute approximate surface area is 149 Å². The van der Waals surface area contributed by atoms with Gasteiger partial charge in [-0.2, -0.15) is 4.98 Å². The largest absolute Gasteiger partial charge is 0.497 e. The first-order chi connectivity index (χ1) is 12.6. The van der Waals surface area contributed by atoms with Gasteiger partial charge >= 0.3 is 0 Å². The number of rotatable bonds is 4. The molecule has 0 bridgehead atoms. The molecule has 4 rings (SSSR count). The molecule has 1 aliphatic rings. The van der Waals surface area contributed by atoms with Crippen molar-refractivity contribution in [3.8, 4) is 17.1 Å². The van der Waals surface area contributed by atoms with E-state index in [1.54, 1.807) is 62.6 Å². The Bertz CT molecular complexity index is 959. The van der Waals surface area contributed by atoms with Gasteiger partial charge in [0.25, 0.3) is 11.8 Å². The molecule has 1 unspecified atom stereocenters. The summed E-state index contributed by atoms with van der Waals surface area (Å²) in [6.07, 6.45) is 0. The third kappa shape index (κ3) is 2.45. The predicted molar refractivity (Wildman–Crippen MR) is 91.6 cm³/mol. The maximum atomic E-state index is 12.6. The number of benzene rings is 2. The molecule has 0 N–H and O–H groups in total.